The van der Waals surface area contributed by atoms with Crippen molar-refractivity contribution in [2.75, 3.05) is 0 Å². The number of pyridine rings is 1. The molecule has 136 valence electrons. The Morgan fingerprint density at radius 3 is 2.15 bits per heavy atom. The largest absolute Gasteiger partial charge is 0.213 e. The second-order valence-corrected chi connectivity index (χ2v) is 8.30. The molecule has 3 aliphatic carbocycles. The van der Waals surface area contributed by atoms with Gasteiger partial charge in [-0.05, 0) is 85.3 Å². The Morgan fingerprint density at radius 2 is 1.48 bits per heavy atom. The summed E-state index contributed by atoms with van der Waals surface area (Å²) in [5.74, 6) is 1.60. The predicted molar refractivity (Wildman–Crippen MR) is 112 cm³/mol. The second-order valence-electron chi connectivity index (χ2n) is 8.30. The number of benzene rings is 2. The molecule has 3 aromatic rings. The number of nitrogens with zero attached hydrogens (tertiary/aromatic N) is 1. The molecule has 1 nitrogen and oxygen atoms in total. The summed E-state index contributed by atoms with van der Waals surface area (Å²) < 4.78 is 2.39. The van der Waals surface area contributed by atoms with Gasteiger partial charge in [-0.15, -0.1) is 0 Å². The highest BCUT2D eigenvalue weighted by atomic mass is 14.9. The van der Waals surface area contributed by atoms with E-state index in [4.69, 9.17) is 0 Å². The fourth-order valence-electron chi connectivity index (χ4n) is 5.29. The Hall–Kier alpha value is -2.41. The van der Waals surface area contributed by atoms with E-state index in [0.717, 1.165) is 18.4 Å². The Kier molecular flexibility index (Phi) is 4.11. The number of aromatic nitrogens is 1. The summed E-state index contributed by atoms with van der Waals surface area (Å²) in [6.07, 6.45) is 7.82. The molecule has 6 rings (SSSR count). The van der Waals surface area contributed by atoms with E-state index < -0.39 is 0 Å². The maximum absolute atomic E-state index is 2.54. The Bertz CT molecular complexity index is 979. The third-order valence-electron chi connectivity index (χ3n) is 6.80. The van der Waals surface area contributed by atoms with Crippen molar-refractivity contribution in [1.82, 2.24) is 0 Å². The average Bonchev–Trinajstić information content (AvgIpc) is 2.74. The molecule has 27 heavy (non-hydrogen) atoms. The van der Waals surface area contributed by atoms with Crippen LogP contribution < -0.4 is 4.57 Å². The molecule has 0 N–H and O–H groups in total. The van der Waals surface area contributed by atoms with Gasteiger partial charge in [0, 0.05) is 17.7 Å². The van der Waals surface area contributed by atoms with Crippen LogP contribution in [0.1, 0.15) is 61.1 Å². The first-order valence-corrected chi connectivity index (χ1v) is 10.5. The minimum absolute atomic E-state index is 0.789. The Balaban J connectivity index is 1.67. The van der Waals surface area contributed by atoms with Crippen LogP contribution in [0, 0.1) is 6.92 Å². The number of fused-ring (bicyclic) bond motifs is 2. The lowest BCUT2D eigenvalue weighted by Gasteiger charge is -2.38. The van der Waals surface area contributed by atoms with Gasteiger partial charge in [0.05, 0.1) is 0 Å². The summed E-state index contributed by atoms with van der Waals surface area (Å²) in [5, 5.41) is 0. The minimum atomic E-state index is 0.789. The summed E-state index contributed by atoms with van der Waals surface area (Å²) in [6.45, 7) is 5.53. The summed E-state index contributed by atoms with van der Waals surface area (Å²) in [4.78, 5) is 0. The van der Waals surface area contributed by atoms with Crippen molar-refractivity contribution in [2.45, 2.75) is 57.9 Å². The van der Waals surface area contributed by atoms with E-state index in [-0.39, 0.29) is 0 Å². The van der Waals surface area contributed by atoms with E-state index in [0.29, 0.717) is 0 Å². The third-order valence-corrected chi connectivity index (χ3v) is 6.80. The highest BCUT2D eigenvalue weighted by Gasteiger charge is 2.34. The first-order valence-electron chi connectivity index (χ1n) is 10.5. The zero-order chi connectivity index (χ0) is 18.4. The van der Waals surface area contributed by atoms with Crippen molar-refractivity contribution in [1.29, 1.82) is 0 Å². The van der Waals surface area contributed by atoms with E-state index in [1.54, 1.807) is 11.1 Å². The molecule has 1 heteroatoms. The van der Waals surface area contributed by atoms with E-state index >= 15 is 0 Å². The van der Waals surface area contributed by atoms with Crippen LogP contribution in [0.25, 0.3) is 22.4 Å². The van der Waals surface area contributed by atoms with Crippen LogP contribution in [0.4, 0.5) is 0 Å². The van der Waals surface area contributed by atoms with Crippen LogP contribution in [-0.4, -0.2) is 0 Å². The van der Waals surface area contributed by atoms with Crippen molar-refractivity contribution in [3.8, 4) is 22.4 Å². The number of aryl methyl sites for hydroxylation is 2. The van der Waals surface area contributed by atoms with Gasteiger partial charge in [0.2, 0.25) is 5.69 Å². The van der Waals surface area contributed by atoms with Crippen LogP contribution in [0.2, 0.25) is 0 Å². The molecule has 2 aromatic carbocycles. The summed E-state index contributed by atoms with van der Waals surface area (Å²) in [5.41, 5.74) is 10.1. The van der Waals surface area contributed by atoms with Crippen LogP contribution in [-0.2, 0) is 6.54 Å². The average molecular weight is 355 g/mol. The molecule has 0 spiro atoms. The van der Waals surface area contributed by atoms with Gasteiger partial charge in [-0.25, -0.2) is 0 Å². The zero-order valence-electron chi connectivity index (χ0n) is 16.4. The number of rotatable bonds is 3. The minimum Gasteiger partial charge on any atom is -0.199 e. The molecule has 0 radical (unpaired) electrons. The van der Waals surface area contributed by atoms with Crippen molar-refractivity contribution in [2.24, 2.45) is 0 Å². The van der Waals surface area contributed by atoms with E-state index in [2.05, 4.69) is 79.2 Å². The number of hydrogen-bond donors (Lipinski definition) is 0. The molecule has 2 bridgehead atoms. The van der Waals surface area contributed by atoms with Gasteiger partial charge < -0.3 is 0 Å². The van der Waals surface area contributed by atoms with Crippen molar-refractivity contribution >= 4 is 0 Å². The highest BCUT2D eigenvalue weighted by Crippen LogP contribution is 2.50. The molecule has 0 saturated heterocycles. The molecular formula is C26H28N+. The second kappa shape index (κ2) is 6.64. The van der Waals surface area contributed by atoms with E-state index in [9.17, 15) is 0 Å². The van der Waals surface area contributed by atoms with Crippen LogP contribution >= 0.6 is 0 Å². The molecule has 1 heterocycles. The smallest absolute Gasteiger partial charge is 0.199 e. The molecule has 3 aliphatic rings. The molecule has 0 atom stereocenters. The van der Waals surface area contributed by atoms with Gasteiger partial charge in [-0.1, -0.05) is 36.4 Å². The lowest BCUT2D eigenvalue weighted by Crippen LogP contribution is -2.35. The fraction of sp³-hybridized carbons (Fsp3) is 0.346. The summed E-state index contributed by atoms with van der Waals surface area (Å²) in [7, 11) is 0. The van der Waals surface area contributed by atoms with Crippen molar-refractivity contribution in [3.05, 3.63) is 77.5 Å². The van der Waals surface area contributed by atoms with Crippen LogP contribution in [0.5, 0.6) is 0 Å². The first-order chi connectivity index (χ1) is 13.2. The summed E-state index contributed by atoms with van der Waals surface area (Å²) in [6, 6.07) is 20.4. The predicted octanol–water partition coefficient (Wildman–Crippen LogP) is 6.39. The van der Waals surface area contributed by atoms with Crippen molar-refractivity contribution in [3.63, 3.8) is 0 Å². The zero-order valence-corrected chi connectivity index (χ0v) is 16.4. The molecule has 0 amide bonds. The quantitative estimate of drug-likeness (QED) is 0.480. The lowest BCUT2D eigenvalue weighted by molar-refractivity contribution is -0.682. The normalized spacial score (nSPS) is 20.5. The maximum atomic E-state index is 2.54. The van der Waals surface area contributed by atoms with Gasteiger partial charge >= 0.3 is 0 Å². The van der Waals surface area contributed by atoms with E-state index in [1.807, 2.05) is 0 Å². The fourth-order valence-corrected chi connectivity index (χ4v) is 5.29. The van der Waals surface area contributed by atoms with Crippen LogP contribution in [0.3, 0.4) is 0 Å². The van der Waals surface area contributed by atoms with Gasteiger partial charge in [-0.3, -0.25) is 0 Å². The monoisotopic (exact) mass is 354 g/mol. The molecule has 0 aliphatic heterocycles. The van der Waals surface area contributed by atoms with Gasteiger partial charge in [0.1, 0.15) is 6.54 Å². The molecule has 1 saturated carbocycles. The van der Waals surface area contributed by atoms with Gasteiger partial charge in [0.15, 0.2) is 6.20 Å². The van der Waals surface area contributed by atoms with Gasteiger partial charge in [-0.2, -0.15) is 4.57 Å². The molecule has 1 aromatic heterocycles. The molecule has 1 fully saturated rings. The maximum Gasteiger partial charge on any atom is 0.213 e. The molecular weight excluding hydrogens is 326 g/mol. The SMILES string of the molecule is CC[n+]1ccc(-c2ccccc2)cc1-c1cc2c(cc1C)C1CCC2CC1. The highest BCUT2D eigenvalue weighted by molar-refractivity contribution is 5.71. The topological polar surface area (TPSA) is 3.88 Å². The molecule has 0 unspecified atom stereocenters. The van der Waals surface area contributed by atoms with Crippen molar-refractivity contribution < 1.29 is 4.57 Å². The van der Waals surface area contributed by atoms with Crippen LogP contribution in [0.15, 0.2) is 60.8 Å². The van der Waals surface area contributed by atoms with E-state index in [1.165, 1.54) is 53.6 Å². The van der Waals surface area contributed by atoms with Gasteiger partial charge in [0.25, 0.3) is 0 Å². The Labute approximate surface area is 162 Å². The summed E-state index contributed by atoms with van der Waals surface area (Å²) >= 11 is 0. The Morgan fingerprint density at radius 1 is 0.815 bits per heavy atom. The lowest BCUT2D eigenvalue weighted by atomic mass is 9.66. The standard InChI is InChI=1S/C26H28N/c1-3-27-14-13-22(19-7-5-4-6-8-19)16-26(27)23-17-25-21-11-9-20(10-12-21)24(25)15-18(23)2/h4-8,13-17,20-21H,3,9-12H2,1-2H3/q+1. The first kappa shape index (κ1) is 16.7. The number of hydrogen-bond acceptors (Lipinski definition) is 0. The third kappa shape index (κ3) is 2.81.